The Morgan fingerprint density at radius 3 is 3.04 bits per heavy atom. The van der Waals surface area contributed by atoms with Crippen LogP contribution >= 0.6 is 11.6 Å². The molecule has 0 spiro atoms. The van der Waals surface area contributed by atoms with Crippen LogP contribution in [0.3, 0.4) is 0 Å². The van der Waals surface area contributed by atoms with Gasteiger partial charge in [0.1, 0.15) is 0 Å². The fourth-order valence-electron chi connectivity index (χ4n) is 3.02. The van der Waals surface area contributed by atoms with E-state index in [2.05, 4.69) is 21.5 Å². The van der Waals surface area contributed by atoms with Crippen molar-refractivity contribution in [1.29, 1.82) is 0 Å². The van der Waals surface area contributed by atoms with E-state index in [-0.39, 0.29) is 11.9 Å². The molecular weight excluding hydrogens is 326 g/mol. The predicted octanol–water partition coefficient (Wildman–Crippen LogP) is 3.60. The van der Waals surface area contributed by atoms with E-state index in [0.29, 0.717) is 30.6 Å². The van der Waals surface area contributed by atoms with Crippen LogP contribution in [-0.2, 0) is 11.2 Å². The Morgan fingerprint density at radius 1 is 1.38 bits per heavy atom. The zero-order valence-electron chi connectivity index (χ0n) is 13.4. The molecule has 1 heterocycles. The molecule has 2 atom stereocenters. The molecule has 6 heteroatoms. The van der Waals surface area contributed by atoms with Gasteiger partial charge in [0, 0.05) is 35.7 Å². The summed E-state index contributed by atoms with van der Waals surface area (Å²) in [5.41, 5.74) is 1.20. The normalized spacial score (nSPS) is 22.4. The second-order valence-electron chi connectivity index (χ2n) is 6.75. The number of nitrogens with one attached hydrogen (secondary N) is 1. The van der Waals surface area contributed by atoms with E-state index in [9.17, 15) is 4.79 Å². The fraction of sp³-hybridized carbons (Fsp3) is 0.500. The number of aryl methyl sites for hydroxylation is 1. The number of hydrogen-bond acceptors (Lipinski definition) is 4. The van der Waals surface area contributed by atoms with Crippen LogP contribution in [-0.4, -0.2) is 22.1 Å². The Kier molecular flexibility index (Phi) is 4.27. The van der Waals surface area contributed by atoms with Crippen molar-refractivity contribution in [2.75, 3.05) is 0 Å². The summed E-state index contributed by atoms with van der Waals surface area (Å²) in [6, 6.07) is 8.10. The lowest BCUT2D eigenvalue weighted by molar-refractivity contribution is -0.121. The van der Waals surface area contributed by atoms with Crippen molar-refractivity contribution < 1.29 is 9.32 Å². The number of benzene rings is 1. The van der Waals surface area contributed by atoms with Crippen LogP contribution < -0.4 is 5.32 Å². The topological polar surface area (TPSA) is 68.0 Å². The Bertz CT molecular complexity index is 741. The highest BCUT2D eigenvalue weighted by molar-refractivity contribution is 6.30. The number of carbonyl (C=O) groups is 1. The molecule has 2 aliphatic carbocycles. The van der Waals surface area contributed by atoms with Crippen LogP contribution in [0, 0.1) is 0 Å². The number of carbonyl (C=O) groups excluding carboxylic acids is 1. The van der Waals surface area contributed by atoms with E-state index in [1.165, 1.54) is 5.56 Å². The van der Waals surface area contributed by atoms with Crippen LogP contribution in [0.1, 0.15) is 61.2 Å². The highest BCUT2D eigenvalue weighted by Gasteiger charge is 2.39. The summed E-state index contributed by atoms with van der Waals surface area (Å²) in [7, 11) is 0. The molecule has 0 radical (unpaired) electrons. The summed E-state index contributed by atoms with van der Waals surface area (Å²) in [6.45, 7) is 0. The standard InChI is InChI=1S/C18H20ClN3O2/c19-13-4-1-3-12(9-13)14-10-15(14)20-16(23)5-2-6-17-21-18(22-24-17)11-7-8-11/h1,3-4,9,11,14-15H,2,5-8,10H2,(H,20,23)/t14-,15-/m0/s1. The third kappa shape index (κ3) is 3.78. The maximum Gasteiger partial charge on any atom is 0.226 e. The quantitative estimate of drug-likeness (QED) is 0.832. The Hall–Kier alpha value is -1.88. The molecule has 24 heavy (non-hydrogen) atoms. The van der Waals surface area contributed by atoms with E-state index in [1.807, 2.05) is 18.2 Å². The Morgan fingerprint density at radius 2 is 2.25 bits per heavy atom. The van der Waals surface area contributed by atoms with Crippen molar-refractivity contribution in [2.24, 2.45) is 0 Å². The molecule has 2 fully saturated rings. The summed E-state index contributed by atoms with van der Waals surface area (Å²) in [5.74, 6) is 2.46. The molecule has 2 saturated carbocycles. The van der Waals surface area contributed by atoms with Gasteiger partial charge in [0.05, 0.1) is 0 Å². The minimum absolute atomic E-state index is 0.0893. The highest BCUT2D eigenvalue weighted by Crippen LogP contribution is 2.41. The van der Waals surface area contributed by atoms with E-state index >= 15 is 0 Å². The Labute approximate surface area is 145 Å². The number of amides is 1. The SMILES string of the molecule is O=C(CCCc1nc(C2CC2)no1)N[C@H]1C[C@H]1c1cccc(Cl)c1. The van der Waals surface area contributed by atoms with Crippen LogP contribution in [0.4, 0.5) is 0 Å². The van der Waals surface area contributed by atoms with Crippen molar-refractivity contribution in [2.45, 2.75) is 56.4 Å². The summed E-state index contributed by atoms with van der Waals surface area (Å²) in [5, 5.41) is 7.83. The van der Waals surface area contributed by atoms with Crippen LogP contribution in [0.2, 0.25) is 5.02 Å². The zero-order chi connectivity index (χ0) is 16.5. The smallest absolute Gasteiger partial charge is 0.226 e. The first-order valence-corrected chi connectivity index (χ1v) is 8.94. The first-order chi connectivity index (χ1) is 11.7. The van der Waals surface area contributed by atoms with E-state index in [1.54, 1.807) is 0 Å². The fourth-order valence-corrected chi connectivity index (χ4v) is 3.21. The lowest BCUT2D eigenvalue weighted by atomic mass is 10.1. The van der Waals surface area contributed by atoms with E-state index in [0.717, 1.165) is 36.5 Å². The van der Waals surface area contributed by atoms with E-state index in [4.69, 9.17) is 16.1 Å². The summed E-state index contributed by atoms with van der Waals surface area (Å²) in [6.07, 6.45) is 5.19. The number of hydrogen-bond donors (Lipinski definition) is 1. The average Bonchev–Trinajstić information content (AvgIpc) is 3.48. The van der Waals surface area contributed by atoms with Gasteiger partial charge in [0.15, 0.2) is 5.82 Å². The summed E-state index contributed by atoms with van der Waals surface area (Å²) >= 11 is 6.01. The molecule has 126 valence electrons. The van der Waals surface area contributed by atoms with Crippen molar-refractivity contribution >= 4 is 17.5 Å². The molecule has 4 rings (SSSR count). The third-order valence-corrected chi connectivity index (χ3v) is 4.87. The van der Waals surface area contributed by atoms with Gasteiger partial charge in [-0.15, -0.1) is 0 Å². The molecule has 0 aliphatic heterocycles. The van der Waals surface area contributed by atoms with Gasteiger partial charge in [-0.3, -0.25) is 4.79 Å². The molecule has 0 bridgehead atoms. The molecule has 1 aromatic carbocycles. The third-order valence-electron chi connectivity index (χ3n) is 4.63. The molecular formula is C18H20ClN3O2. The average molecular weight is 346 g/mol. The van der Waals surface area contributed by atoms with Gasteiger partial charge >= 0.3 is 0 Å². The van der Waals surface area contributed by atoms with Gasteiger partial charge in [0.25, 0.3) is 0 Å². The number of rotatable bonds is 7. The molecule has 5 nitrogen and oxygen atoms in total. The molecule has 1 amide bonds. The van der Waals surface area contributed by atoms with Crippen molar-refractivity contribution in [3.63, 3.8) is 0 Å². The Balaban J connectivity index is 1.19. The molecule has 2 aromatic rings. The number of nitrogens with zero attached hydrogens (tertiary/aromatic N) is 2. The molecule has 1 N–H and O–H groups in total. The van der Waals surface area contributed by atoms with Gasteiger partial charge in [-0.25, -0.2) is 0 Å². The van der Waals surface area contributed by atoms with E-state index < -0.39 is 0 Å². The minimum Gasteiger partial charge on any atom is -0.353 e. The summed E-state index contributed by atoms with van der Waals surface area (Å²) < 4.78 is 5.22. The van der Waals surface area contributed by atoms with Crippen LogP contribution in [0.15, 0.2) is 28.8 Å². The van der Waals surface area contributed by atoms with Crippen molar-refractivity contribution in [3.8, 4) is 0 Å². The van der Waals surface area contributed by atoms with Gasteiger partial charge in [-0.1, -0.05) is 28.9 Å². The zero-order valence-corrected chi connectivity index (χ0v) is 14.1. The summed E-state index contributed by atoms with van der Waals surface area (Å²) in [4.78, 5) is 16.4. The lowest BCUT2D eigenvalue weighted by Crippen LogP contribution is -2.26. The second-order valence-corrected chi connectivity index (χ2v) is 7.18. The predicted molar refractivity (Wildman–Crippen MR) is 90.0 cm³/mol. The largest absolute Gasteiger partial charge is 0.353 e. The maximum atomic E-state index is 12.0. The molecule has 0 unspecified atom stereocenters. The van der Waals surface area contributed by atoms with Gasteiger partial charge in [-0.05, 0) is 43.4 Å². The second kappa shape index (κ2) is 6.55. The van der Waals surface area contributed by atoms with Gasteiger partial charge < -0.3 is 9.84 Å². The minimum atomic E-state index is 0.0893. The van der Waals surface area contributed by atoms with Crippen LogP contribution in [0.25, 0.3) is 0 Å². The first kappa shape index (κ1) is 15.6. The number of halogens is 1. The maximum absolute atomic E-state index is 12.0. The van der Waals surface area contributed by atoms with Gasteiger partial charge in [-0.2, -0.15) is 4.98 Å². The highest BCUT2D eigenvalue weighted by atomic mass is 35.5. The molecule has 2 aliphatic rings. The number of aromatic nitrogens is 2. The van der Waals surface area contributed by atoms with Crippen molar-refractivity contribution in [3.05, 3.63) is 46.6 Å². The monoisotopic (exact) mass is 345 g/mol. The van der Waals surface area contributed by atoms with Crippen molar-refractivity contribution in [1.82, 2.24) is 15.5 Å². The van der Waals surface area contributed by atoms with Gasteiger partial charge in [0.2, 0.25) is 11.8 Å². The molecule has 1 aromatic heterocycles. The lowest BCUT2D eigenvalue weighted by Gasteiger charge is -2.04. The molecule has 0 saturated heterocycles. The van der Waals surface area contributed by atoms with Crippen LogP contribution in [0.5, 0.6) is 0 Å². The first-order valence-electron chi connectivity index (χ1n) is 8.56.